The smallest absolute Gasteiger partial charge is 0.0241 e. The van der Waals surface area contributed by atoms with E-state index in [1.54, 1.807) is 0 Å². The van der Waals surface area contributed by atoms with E-state index in [1.807, 2.05) is 0 Å². The number of unbranched alkanes of at least 4 members (excludes halogenated alkanes) is 4. The molecule has 17 heavy (non-hydrogen) atoms. The summed E-state index contributed by atoms with van der Waals surface area (Å²) in [5.74, 6) is 0.911. The summed E-state index contributed by atoms with van der Waals surface area (Å²) in [4.78, 5) is 0. The van der Waals surface area contributed by atoms with Crippen molar-refractivity contribution < 1.29 is 0 Å². The Bertz CT molecular complexity index is 152. The summed E-state index contributed by atoms with van der Waals surface area (Å²) in [7, 11) is 0. The minimum atomic E-state index is 0.723. The van der Waals surface area contributed by atoms with Gasteiger partial charge in [0.2, 0.25) is 0 Å². The van der Waals surface area contributed by atoms with Crippen molar-refractivity contribution in [2.24, 2.45) is 5.92 Å². The second-order valence-electron chi connectivity index (χ2n) is 5.57. The van der Waals surface area contributed by atoms with Crippen LogP contribution >= 0.6 is 0 Å². The molecule has 0 aromatic rings. The lowest BCUT2D eigenvalue weighted by Crippen LogP contribution is -2.42. The van der Waals surface area contributed by atoms with Crippen LogP contribution in [-0.4, -0.2) is 12.6 Å². The third kappa shape index (κ3) is 6.42. The molecule has 1 aliphatic heterocycles. The van der Waals surface area contributed by atoms with Gasteiger partial charge in [0.1, 0.15) is 0 Å². The molecule has 2 heteroatoms. The Morgan fingerprint density at radius 1 is 0.941 bits per heavy atom. The van der Waals surface area contributed by atoms with Crippen LogP contribution in [0.2, 0.25) is 0 Å². The van der Waals surface area contributed by atoms with Crippen molar-refractivity contribution in [3.63, 3.8) is 0 Å². The van der Waals surface area contributed by atoms with E-state index in [-0.39, 0.29) is 0 Å². The van der Waals surface area contributed by atoms with Crippen molar-refractivity contribution in [3.8, 4) is 0 Å². The summed E-state index contributed by atoms with van der Waals surface area (Å²) in [5, 5.41) is 0. The molecule has 1 fully saturated rings. The van der Waals surface area contributed by atoms with Gasteiger partial charge in [0, 0.05) is 12.6 Å². The molecule has 0 aromatic heterocycles. The van der Waals surface area contributed by atoms with Crippen molar-refractivity contribution in [2.75, 3.05) is 6.54 Å². The zero-order valence-electron chi connectivity index (χ0n) is 11.9. The highest BCUT2D eigenvalue weighted by Gasteiger charge is 2.22. The molecule has 0 amide bonds. The lowest BCUT2D eigenvalue weighted by Gasteiger charge is -2.25. The van der Waals surface area contributed by atoms with Crippen LogP contribution in [0.3, 0.4) is 0 Å². The zero-order valence-corrected chi connectivity index (χ0v) is 11.9. The average Bonchev–Trinajstić information content (AvgIpc) is 2.56. The Kier molecular flexibility index (Phi) is 8.72. The number of rotatable bonds is 8. The van der Waals surface area contributed by atoms with E-state index < -0.39 is 0 Å². The molecule has 1 heterocycles. The van der Waals surface area contributed by atoms with E-state index in [9.17, 15) is 0 Å². The first-order valence-electron chi connectivity index (χ1n) is 7.86. The molecule has 2 nitrogen and oxygen atoms in total. The first kappa shape index (κ1) is 15.0. The lowest BCUT2D eigenvalue weighted by atomic mass is 9.87. The number of hydrogen-bond donors (Lipinski definition) is 2. The summed E-state index contributed by atoms with van der Waals surface area (Å²) in [6.45, 7) is 5.73. The van der Waals surface area contributed by atoms with Gasteiger partial charge in [-0.2, -0.15) is 0 Å². The molecule has 1 saturated heterocycles. The highest BCUT2D eigenvalue weighted by molar-refractivity contribution is 4.78. The minimum Gasteiger partial charge on any atom is -0.258 e. The fourth-order valence-corrected chi connectivity index (χ4v) is 2.90. The quantitative estimate of drug-likeness (QED) is 0.626. The maximum atomic E-state index is 3.57. The van der Waals surface area contributed by atoms with E-state index in [0.717, 1.165) is 18.5 Å². The minimum absolute atomic E-state index is 0.723. The van der Waals surface area contributed by atoms with Crippen molar-refractivity contribution in [2.45, 2.75) is 84.1 Å². The topological polar surface area (TPSA) is 24.1 Å². The predicted octanol–water partition coefficient (Wildman–Crippen LogP) is 4.02. The molecule has 1 rings (SSSR count). The van der Waals surface area contributed by atoms with Crippen LogP contribution in [0.5, 0.6) is 0 Å². The molecule has 2 atom stereocenters. The van der Waals surface area contributed by atoms with Crippen LogP contribution in [0.4, 0.5) is 0 Å². The summed E-state index contributed by atoms with van der Waals surface area (Å²) < 4.78 is 0. The van der Waals surface area contributed by atoms with Gasteiger partial charge in [0.25, 0.3) is 0 Å². The van der Waals surface area contributed by atoms with Gasteiger partial charge in [-0.15, -0.1) is 0 Å². The predicted molar refractivity (Wildman–Crippen MR) is 75.9 cm³/mol. The van der Waals surface area contributed by atoms with Crippen molar-refractivity contribution >= 4 is 0 Å². The molecule has 0 bridgehead atoms. The van der Waals surface area contributed by atoms with E-state index in [0.29, 0.717) is 0 Å². The van der Waals surface area contributed by atoms with Crippen LogP contribution in [-0.2, 0) is 0 Å². The molecule has 0 radical (unpaired) electrons. The van der Waals surface area contributed by atoms with Gasteiger partial charge in [-0.1, -0.05) is 52.4 Å². The van der Waals surface area contributed by atoms with Crippen molar-refractivity contribution in [1.82, 2.24) is 10.9 Å². The monoisotopic (exact) mass is 240 g/mol. The van der Waals surface area contributed by atoms with Crippen molar-refractivity contribution in [1.29, 1.82) is 0 Å². The molecular weight excluding hydrogens is 208 g/mol. The Balaban J connectivity index is 2.30. The van der Waals surface area contributed by atoms with E-state index in [1.165, 1.54) is 64.2 Å². The fourth-order valence-electron chi connectivity index (χ4n) is 2.90. The summed E-state index contributed by atoms with van der Waals surface area (Å²) in [6, 6.07) is 0.723. The van der Waals surface area contributed by atoms with Gasteiger partial charge in [0.15, 0.2) is 0 Å². The Morgan fingerprint density at radius 3 is 2.35 bits per heavy atom. The van der Waals surface area contributed by atoms with E-state index in [4.69, 9.17) is 0 Å². The second kappa shape index (κ2) is 9.90. The molecular formula is C15H32N2. The molecule has 0 aromatic carbocycles. The molecule has 0 aliphatic carbocycles. The molecule has 0 spiro atoms. The molecule has 0 saturated carbocycles. The van der Waals surface area contributed by atoms with Gasteiger partial charge in [-0.25, -0.2) is 0 Å². The van der Waals surface area contributed by atoms with Gasteiger partial charge in [0.05, 0.1) is 0 Å². The van der Waals surface area contributed by atoms with Gasteiger partial charge in [-0.3, -0.25) is 10.9 Å². The number of hydrogen-bond acceptors (Lipinski definition) is 2. The second-order valence-corrected chi connectivity index (χ2v) is 5.57. The number of hydrazine groups is 1. The van der Waals surface area contributed by atoms with Crippen LogP contribution in [0.15, 0.2) is 0 Å². The normalized spacial score (nSPS) is 25.8. The summed E-state index contributed by atoms with van der Waals surface area (Å²) >= 11 is 0. The Hall–Kier alpha value is -0.0800. The van der Waals surface area contributed by atoms with Crippen LogP contribution < -0.4 is 10.9 Å². The van der Waals surface area contributed by atoms with E-state index >= 15 is 0 Å². The average molecular weight is 240 g/mol. The standard InChI is InChI=1S/C15H32N2/c1-3-5-7-10-14-11-9-13-16-17-15(14)12-8-6-4-2/h14-17H,3-13H2,1-2H3. The maximum Gasteiger partial charge on any atom is 0.0241 e. The third-order valence-corrected chi connectivity index (χ3v) is 4.03. The number of nitrogens with one attached hydrogen (secondary N) is 2. The highest BCUT2D eigenvalue weighted by Crippen LogP contribution is 2.24. The molecule has 1 aliphatic rings. The van der Waals surface area contributed by atoms with Crippen LogP contribution in [0.25, 0.3) is 0 Å². The largest absolute Gasteiger partial charge is 0.258 e. The summed E-state index contributed by atoms with van der Waals surface area (Å²) in [5.41, 5.74) is 6.96. The van der Waals surface area contributed by atoms with Crippen LogP contribution in [0, 0.1) is 5.92 Å². The Labute approximate surface area is 108 Å². The third-order valence-electron chi connectivity index (χ3n) is 4.03. The maximum absolute atomic E-state index is 3.57. The fraction of sp³-hybridized carbons (Fsp3) is 1.00. The van der Waals surface area contributed by atoms with Gasteiger partial charge < -0.3 is 0 Å². The zero-order chi connectivity index (χ0) is 12.3. The van der Waals surface area contributed by atoms with Gasteiger partial charge >= 0.3 is 0 Å². The first-order chi connectivity index (χ1) is 8.38. The molecule has 2 N–H and O–H groups in total. The highest BCUT2D eigenvalue weighted by atomic mass is 15.4. The summed E-state index contributed by atoms with van der Waals surface area (Å²) in [6.07, 6.45) is 13.8. The van der Waals surface area contributed by atoms with Gasteiger partial charge in [-0.05, 0) is 31.6 Å². The van der Waals surface area contributed by atoms with E-state index in [2.05, 4.69) is 24.7 Å². The molecule has 102 valence electrons. The SMILES string of the molecule is CCCCCC1CCCNNC1CCCCC. The Morgan fingerprint density at radius 2 is 1.65 bits per heavy atom. The first-order valence-corrected chi connectivity index (χ1v) is 7.86. The molecule has 2 unspecified atom stereocenters. The lowest BCUT2D eigenvalue weighted by molar-refractivity contribution is 0.292. The van der Waals surface area contributed by atoms with Crippen LogP contribution in [0.1, 0.15) is 78.1 Å². The van der Waals surface area contributed by atoms with Crippen molar-refractivity contribution in [3.05, 3.63) is 0 Å².